The molecule has 0 aliphatic rings. The average molecular weight is 464 g/mol. The number of carbonyl (C=O) groups is 1. The molecule has 0 spiro atoms. The van der Waals surface area contributed by atoms with Crippen LogP contribution in [-0.2, 0) is 16.1 Å². The summed E-state index contributed by atoms with van der Waals surface area (Å²) in [5.74, 6) is 0.356. The molecule has 4 rings (SSSR count). The average Bonchev–Trinajstić information content (AvgIpc) is 3.11. The molecular formula is C25H22ClN3O4. The van der Waals surface area contributed by atoms with Gasteiger partial charge >= 0.3 is 5.97 Å². The Balaban J connectivity index is 1.86. The van der Waals surface area contributed by atoms with E-state index in [4.69, 9.17) is 25.8 Å². The second-order valence-electron chi connectivity index (χ2n) is 8.47. The lowest BCUT2D eigenvalue weighted by atomic mass is 10.1. The lowest BCUT2D eigenvalue weighted by Crippen LogP contribution is -2.25. The van der Waals surface area contributed by atoms with E-state index < -0.39 is 11.6 Å². The second-order valence-corrected chi connectivity index (χ2v) is 8.88. The molecule has 0 unspecified atom stereocenters. The summed E-state index contributed by atoms with van der Waals surface area (Å²) in [5, 5.41) is 11.4. The molecule has 0 amide bonds. The lowest BCUT2D eigenvalue weighted by molar-refractivity contribution is 0.00593. The van der Waals surface area contributed by atoms with Crippen LogP contribution in [0, 0.1) is 11.3 Å². The number of carbonyl (C=O) groups excluding carboxylic acids is 1. The van der Waals surface area contributed by atoms with Gasteiger partial charge in [0.2, 0.25) is 0 Å². The number of hydrogen-bond donors (Lipinski definition) is 1. The lowest BCUT2D eigenvalue weighted by Gasteiger charge is -2.20. The van der Waals surface area contributed by atoms with Crippen molar-refractivity contribution in [1.29, 1.82) is 5.26 Å². The predicted octanol–water partition coefficient (Wildman–Crippen LogP) is 6.14. The van der Waals surface area contributed by atoms with Crippen LogP contribution in [0.4, 0.5) is 0 Å². The molecule has 2 aromatic carbocycles. The van der Waals surface area contributed by atoms with Crippen LogP contribution in [0.5, 0.6) is 11.5 Å². The number of aromatic amines is 1. The number of fused-ring (bicyclic) bond motifs is 3. The Labute approximate surface area is 195 Å². The highest BCUT2D eigenvalue weighted by Crippen LogP contribution is 2.35. The van der Waals surface area contributed by atoms with Gasteiger partial charge in [0.05, 0.1) is 23.3 Å². The SMILES string of the molecule is COCc1c(C(=O)OC(C)(C)C)ncc2[nH]c3ccc(Oc4cccc(Cl)c4C#N)cc3c12. The maximum Gasteiger partial charge on any atom is 0.357 e. The number of hydrogen-bond acceptors (Lipinski definition) is 6. The van der Waals surface area contributed by atoms with E-state index in [1.54, 1.807) is 58.3 Å². The van der Waals surface area contributed by atoms with Crippen molar-refractivity contribution in [3.63, 3.8) is 0 Å². The monoisotopic (exact) mass is 463 g/mol. The number of nitriles is 1. The van der Waals surface area contributed by atoms with Crippen LogP contribution in [0.15, 0.2) is 42.6 Å². The molecule has 0 saturated heterocycles. The van der Waals surface area contributed by atoms with Crippen LogP contribution >= 0.6 is 11.6 Å². The molecular weight excluding hydrogens is 442 g/mol. The van der Waals surface area contributed by atoms with E-state index in [1.165, 1.54) is 0 Å². The van der Waals surface area contributed by atoms with Crippen LogP contribution in [0.25, 0.3) is 21.8 Å². The van der Waals surface area contributed by atoms with Gasteiger partial charge in [0.15, 0.2) is 5.69 Å². The number of ether oxygens (including phenoxy) is 3. The standard InChI is InChI=1S/C25H22ClN3O4/c1-25(2,3)33-24(30)23-17(13-31-4)22-15-10-14(8-9-19(15)29-20(22)12-28-23)32-21-7-5-6-18(26)16(21)11-27/h5-10,12,29H,13H2,1-4H3. The number of H-pyrrole nitrogens is 1. The fraction of sp³-hybridized carbons (Fsp3) is 0.240. The zero-order valence-corrected chi connectivity index (χ0v) is 19.4. The maximum absolute atomic E-state index is 12.8. The molecule has 0 aliphatic carbocycles. The first-order valence-corrected chi connectivity index (χ1v) is 10.6. The zero-order chi connectivity index (χ0) is 23.8. The van der Waals surface area contributed by atoms with Crippen LogP contribution in [0.3, 0.4) is 0 Å². The van der Waals surface area contributed by atoms with Crippen molar-refractivity contribution >= 4 is 39.4 Å². The Morgan fingerprint density at radius 2 is 2.00 bits per heavy atom. The Morgan fingerprint density at radius 1 is 1.21 bits per heavy atom. The molecule has 0 atom stereocenters. The van der Waals surface area contributed by atoms with Gasteiger partial charge in [0.1, 0.15) is 28.7 Å². The summed E-state index contributed by atoms with van der Waals surface area (Å²) in [6, 6.07) is 12.6. The molecule has 168 valence electrons. The third-order valence-corrected chi connectivity index (χ3v) is 5.22. The minimum atomic E-state index is -0.658. The van der Waals surface area contributed by atoms with Crippen LogP contribution in [0.1, 0.15) is 42.4 Å². The highest BCUT2D eigenvalue weighted by atomic mass is 35.5. The zero-order valence-electron chi connectivity index (χ0n) is 18.7. The fourth-order valence-electron chi connectivity index (χ4n) is 3.61. The van der Waals surface area contributed by atoms with Gasteiger partial charge in [-0.3, -0.25) is 0 Å². The second kappa shape index (κ2) is 8.74. The summed E-state index contributed by atoms with van der Waals surface area (Å²) in [6.07, 6.45) is 1.61. The van der Waals surface area contributed by atoms with Gasteiger partial charge in [-0.15, -0.1) is 0 Å². The molecule has 33 heavy (non-hydrogen) atoms. The molecule has 2 aromatic heterocycles. The molecule has 0 radical (unpaired) electrons. The van der Waals surface area contributed by atoms with E-state index in [1.807, 2.05) is 12.1 Å². The maximum atomic E-state index is 12.8. The van der Waals surface area contributed by atoms with Crippen LogP contribution in [0.2, 0.25) is 5.02 Å². The van der Waals surface area contributed by atoms with Crippen molar-refractivity contribution in [2.75, 3.05) is 7.11 Å². The molecule has 0 aliphatic heterocycles. The van der Waals surface area contributed by atoms with Gasteiger partial charge in [-0.05, 0) is 51.1 Å². The van der Waals surface area contributed by atoms with E-state index in [-0.39, 0.29) is 17.9 Å². The third kappa shape index (κ3) is 4.49. The van der Waals surface area contributed by atoms with E-state index in [9.17, 15) is 10.1 Å². The van der Waals surface area contributed by atoms with Crippen LogP contribution in [-0.4, -0.2) is 28.6 Å². The third-order valence-electron chi connectivity index (χ3n) is 4.91. The van der Waals surface area contributed by atoms with Crippen LogP contribution < -0.4 is 4.74 Å². The predicted molar refractivity (Wildman–Crippen MR) is 126 cm³/mol. The van der Waals surface area contributed by atoms with Crippen molar-refractivity contribution in [3.05, 3.63) is 64.4 Å². The highest BCUT2D eigenvalue weighted by Gasteiger charge is 2.24. The number of rotatable bonds is 5. The summed E-state index contributed by atoms with van der Waals surface area (Å²) in [6.45, 7) is 5.59. The Kier molecular flexibility index (Phi) is 5.98. The van der Waals surface area contributed by atoms with E-state index >= 15 is 0 Å². The summed E-state index contributed by atoms with van der Waals surface area (Å²) in [4.78, 5) is 20.5. The summed E-state index contributed by atoms with van der Waals surface area (Å²) in [5.41, 5.74) is 2.01. The summed E-state index contributed by atoms with van der Waals surface area (Å²) >= 11 is 6.13. The molecule has 7 nitrogen and oxygen atoms in total. The number of nitrogens with zero attached hydrogens (tertiary/aromatic N) is 2. The fourth-order valence-corrected chi connectivity index (χ4v) is 3.82. The number of methoxy groups -OCH3 is 1. The first kappa shape index (κ1) is 22.6. The molecule has 0 saturated carbocycles. The normalized spacial score (nSPS) is 11.5. The minimum Gasteiger partial charge on any atom is -0.456 e. The van der Waals surface area contributed by atoms with Crippen molar-refractivity contribution in [2.45, 2.75) is 33.0 Å². The number of nitrogens with one attached hydrogen (secondary N) is 1. The van der Waals surface area contributed by atoms with Crippen molar-refractivity contribution in [3.8, 4) is 17.6 Å². The number of pyridine rings is 1. The van der Waals surface area contributed by atoms with Crippen molar-refractivity contribution in [2.24, 2.45) is 0 Å². The molecule has 8 heteroatoms. The van der Waals surface area contributed by atoms with E-state index in [2.05, 4.69) is 16.0 Å². The summed E-state index contributed by atoms with van der Waals surface area (Å²) in [7, 11) is 1.56. The highest BCUT2D eigenvalue weighted by molar-refractivity contribution is 6.32. The van der Waals surface area contributed by atoms with Gasteiger partial charge < -0.3 is 19.2 Å². The van der Waals surface area contributed by atoms with Gasteiger partial charge in [-0.2, -0.15) is 5.26 Å². The van der Waals surface area contributed by atoms with E-state index in [0.29, 0.717) is 22.1 Å². The number of esters is 1. The molecule has 2 heterocycles. The minimum absolute atomic E-state index is 0.170. The number of halogens is 1. The molecule has 1 N–H and O–H groups in total. The molecule has 4 aromatic rings. The largest absolute Gasteiger partial charge is 0.456 e. The Morgan fingerprint density at radius 3 is 2.70 bits per heavy atom. The van der Waals surface area contributed by atoms with Crippen molar-refractivity contribution in [1.82, 2.24) is 9.97 Å². The van der Waals surface area contributed by atoms with Gasteiger partial charge in [0, 0.05) is 29.0 Å². The first-order valence-electron chi connectivity index (χ1n) is 10.2. The smallest absolute Gasteiger partial charge is 0.357 e. The van der Waals surface area contributed by atoms with Gasteiger partial charge in [-0.1, -0.05) is 17.7 Å². The Bertz CT molecular complexity index is 1410. The molecule has 0 bridgehead atoms. The number of aromatic nitrogens is 2. The van der Waals surface area contributed by atoms with Gasteiger partial charge in [-0.25, -0.2) is 9.78 Å². The van der Waals surface area contributed by atoms with E-state index in [0.717, 1.165) is 21.8 Å². The summed E-state index contributed by atoms with van der Waals surface area (Å²) < 4.78 is 16.9. The topological polar surface area (TPSA) is 97.2 Å². The first-order chi connectivity index (χ1) is 15.7. The van der Waals surface area contributed by atoms with Crippen molar-refractivity contribution < 1.29 is 19.0 Å². The van der Waals surface area contributed by atoms with Gasteiger partial charge in [0.25, 0.3) is 0 Å². The number of benzene rings is 2. The molecule has 0 fully saturated rings. The Hall–Kier alpha value is -3.60. The quantitative estimate of drug-likeness (QED) is 0.357.